The number of carbonyl (C=O) groups is 2. The van der Waals surface area contributed by atoms with Gasteiger partial charge in [-0.3, -0.25) is 9.59 Å². The summed E-state index contributed by atoms with van der Waals surface area (Å²) in [5, 5.41) is 9.22. The summed E-state index contributed by atoms with van der Waals surface area (Å²) in [6.07, 6.45) is 2.78. The number of piperidine rings is 1. The van der Waals surface area contributed by atoms with Crippen molar-refractivity contribution < 1.29 is 19.1 Å². The molecule has 0 spiro atoms. The topological polar surface area (TPSA) is 70.8 Å². The quantitative estimate of drug-likeness (QED) is 0.871. The maximum atomic E-state index is 12.2. The van der Waals surface area contributed by atoms with Crippen LogP contribution in [0.15, 0.2) is 16.7 Å². The Kier molecular flexibility index (Phi) is 3.15. The van der Waals surface area contributed by atoms with Gasteiger partial charge < -0.3 is 14.4 Å². The summed E-state index contributed by atoms with van der Waals surface area (Å²) in [6.45, 7) is 4.31. The van der Waals surface area contributed by atoms with E-state index in [2.05, 4.69) is 0 Å². The first-order chi connectivity index (χ1) is 8.44. The molecule has 0 aliphatic carbocycles. The Labute approximate surface area is 105 Å². The lowest BCUT2D eigenvalue weighted by atomic mass is 9.82. The summed E-state index contributed by atoms with van der Waals surface area (Å²) in [6, 6.07) is 1.73. The summed E-state index contributed by atoms with van der Waals surface area (Å²) in [7, 11) is 0. The highest BCUT2D eigenvalue weighted by Crippen LogP contribution is 2.30. The first-order valence-electron chi connectivity index (χ1n) is 6.01. The van der Waals surface area contributed by atoms with E-state index in [4.69, 9.17) is 4.42 Å². The van der Waals surface area contributed by atoms with Crippen LogP contribution < -0.4 is 0 Å². The fourth-order valence-electron chi connectivity index (χ4n) is 2.32. The van der Waals surface area contributed by atoms with Crippen molar-refractivity contribution in [3.63, 3.8) is 0 Å². The Morgan fingerprint density at radius 2 is 2.22 bits per heavy atom. The molecule has 2 rings (SSSR count). The molecular weight excluding hydrogens is 234 g/mol. The van der Waals surface area contributed by atoms with E-state index in [0.717, 1.165) is 5.56 Å². The molecule has 0 bridgehead atoms. The number of carboxylic acids is 1. The van der Waals surface area contributed by atoms with Gasteiger partial charge in [0.15, 0.2) is 5.76 Å². The van der Waals surface area contributed by atoms with Crippen LogP contribution in [0.5, 0.6) is 0 Å². The minimum Gasteiger partial charge on any atom is -0.481 e. The Morgan fingerprint density at radius 3 is 2.78 bits per heavy atom. The number of aliphatic carboxylic acids is 1. The minimum absolute atomic E-state index is 0.218. The van der Waals surface area contributed by atoms with Crippen molar-refractivity contribution in [2.45, 2.75) is 26.7 Å². The molecule has 1 aliphatic rings. The molecule has 1 aromatic heterocycles. The Hall–Kier alpha value is -1.78. The third kappa shape index (κ3) is 2.12. The monoisotopic (exact) mass is 251 g/mol. The molecule has 1 saturated heterocycles. The molecular formula is C13H17NO4. The minimum atomic E-state index is -0.853. The van der Waals surface area contributed by atoms with Gasteiger partial charge in [0.1, 0.15) is 0 Å². The number of aryl methyl sites for hydroxylation is 1. The number of likely N-dealkylation sites (tertiary alicyclic amines) is 1. The van der Waals surface area contributed by atoms with Gasteiger partial charge in [0.05, 0.1) is 11.7 Å². The first kappa shape index (κ1) is 12.7. The predicted molar refractivity (Wildman–Crippen MR) is 64.3 cm³/mol. The zero-order valence-electron chi connectivity index (χ0n) is 10.6. The molecule has 5 heteroatoms. The van der Waals surface area contributed by atoms with Gasteiger partial charge in [-0.25, -0.2) is 0 Å². The fourth-order valence-corrected chi connectivity index (χ4v) is 2.32. The number of carboxylic acid groups (broad SMARTS) is 1. The summed E-state index contributed by atoms with van der Waals surface area (Å²) in [5.74, 6) is -0.759. The van der Waals surface area contributed by atoms with Crippen LogP contribution in [-0.2, 0) is 4.79 Å². The molecule has 5 nitrogen and oxygen atoms in total. The number of hydrogen-bond donors (Lipinski definition) is 1. The van der Waals surface area contributed by atoms with Crippen molar-refractivity contribution in [3.05, 3.63) is 23.7 Å². The number of carbonyl (C=O) groups excluding carboxylic acids is 1. The lowest BCUT2D eigenvalue weighted by molar-refractivity contribution is -0.150. The molecule has 0 saturated carbocycles. The number of furan rings is 1. The second-order valence-corrected chi connectivity index (χ2v) is 5.13. The number of amides is 1. The molecule has 1 aromatic rings. The summed E-state index contributed by atoms with van der Waals surface area (Å²) in [5.41, 5.74) is -0.0726. The lowest BCUT2D eigenvalue weighted by Gasteiger charge is -2.37. The van der Waals surface area contributed by atoms with E-state index in [1.807, 2.05) is 0 Å². The standard InChI is InChI=1S/C13H17NO4/c1-9-4-7-18-10(9)11(15)14-6-3-5-13(2,8-14)12(16)17/h4,7H,3,5-6,8H2,1-2H3,(H,16,17). The van der Waals surface area contributed by atoms with Crippen LogP contribution in [0, 0.1) is 12.3 Å². The van der Waals surface area contributed by atoms with Crippen LogP contribution in [-0.4, -0.2) is 35.0 Å². The molecule has 1 N–H and O–H groups in total. The van der Waals surface area contributed by atoms with Gasteiger partial charge in [0, 0.05) is 18.7 Å². The van der Waals surface area contributed by atoms with E-state index in [9.17, 15) is 14.7 Å². The average molecular weight is 251 g/mol. The molecule has 18 heavy (non-hydrogen) atoms. The third-order valence-corrected chi connectivity index (χ3v) is 3.56. The van der Waals surface area contributed by atoms with Crippen LogP contribution in [0.1, 0.15) is 35.9 Å². The zero-order valence-corrected chi connectivity index (χ0v) is 10.6. The largest absolute Gasteiger partial charge is 0.481 e. The third-order valence-electron chi connectivity index (χ3n) is 3.56. The van der Waals surface area contributed by atoms with Crippen LogP contribution >= 0.6 is 0 Å². The van der Waals surface area contributed by atoms with Crippen LogP contribution in [0.3, 0.4) is 0 Å². The van der Waals surface area contributed by atoms with Gasteiger partial charge in [-0.1, -0.05) is 0 Å². The maximum absolute atomic E-state index is 12.2. The highest BCUT2D eigenvalue weighted by atomic mass is 16.4. The Bertz CT molecular complexity index is 479. The van der Waals surface area contributed by atoms with Gasteiger partial charge in [-0.2, -0.15) is 0 Å². The smallest absolute Gasteiger partial charge is 0.311 e. The second kappa shape index (κ2) is 4.48. The van der Waals surface area contributed by atoms with Gasteiger partial charge >= 0.3 is 5.97 Å². The van der Waals surface area contributed by atoms with E-state index in [1.165, 1.54) is 6.26 Å². The van der Waals surface area contributed by atoms with Gasteiger partial charge in [0.2, 0.25) is 0 Å². The van der Waals surface area contributed by atoms with E-state index in [1.54, 1.807) is 24.8 Å². The van der Waals surface area contributed by atoms with E-state index in [-0.39, 0.29) is 12.5 Å². The van der Waals surface area contributed by atoms with Crippen molar-refractivity contribution in [3.8, 4) is 0 Å². The first-order valence-corrected chi connectivity index (χ1v) is 6.01. The van der Waals surface area contributed by atoms with Crippen LogP contribution in [0.25, 0.3) is 0 Å². The highest BCUT2D eigenvalue weighted by Gasteiger charge is 2.40. The molecule has 1 atom stereocenters. The molecule has 1 unspecified atom stereocenters. The van der Waals surface area contributed by atoms with Gasteiger partial charge in [-0.05, 0) is 32.8 Å². The molecule has 1 amide bonds. The Morgan fingerprint density at radius 1 is 1.50 bits per heavy atom. The Balaban J connectivity index is 2.17. The normalized spacial score (nSPS) is 24.0. The van der Waals surface area contributed by atoms with Crippen molar-refractivity contribution in [2.24, 2.45) is 5.41 Å². The second-order valence-electron chi connectivity index (χ2n) is 5.13. The van der Waals surface area contributed by atoms with Gasteiger partial charge in [-0.15, -0.1) is 0 Å². The molecule has 1 fully saturated rings. The van der Waals surface area contributed by atoms with Crippen molar-refractivity contribution >= 4 is 11.9 Å². The zero-order chi connectivity index (χ0) is 13.3. The maximum Gasteiger partial charge on any atom is 0.311 e. The van der Waals surface area contributed by atoms with E-state index < -0.39 is 11.4 Å². The van der Waals surface area contributed by atoms with Crippen molar-refractivity contribution in [1.29, 1.82) is 0 Å². The molecule has 0 aromatic carbocycles. The van der Waals surface area contributed by atoms with Gasteiger partial charge in [0.25, 0.3) is 5.91 Å². The summed E-state index contributed by atoms with van der Waals surface area (Å²) >= 11 is 0. The number of nitrogens with zero attached hydrogens (tertiary/aromatic N) is 1. The SMILES string of the molecule is Cc1ccoc1C(=O)N1CCCC(C)(C(=O)O)C1. The summed E-state index contributed by atoms with van der Waals surface area (Å²) < 4.78 is 5.17. The van der Waals surface area contributed by atoms with Crippen molar-refractivity contribution in [1.82, 2.24) is 4.90 Å². The van der Waals surface area contributed by atoms with E-state index >= 15 is 0 Å². The predicted octanol–water partition coefficient (Wildman–Crippen LogP) is 1.91. The number of rotatable bonds is 2. The average Bonchev–Trinajstić information content (AvgIpc) is 2.74. The van der Waals surface area contributed by atoms with Crippen molar-refractivity contribution in [2.75, 3.05) is 13.1 Å². The van der Waals surface area contributed by atoms with Crippen LogP contribution in [0.4, 0.5) is 0 Å². The lowest BCUT2D eigenvalue weighted by Crippen LogP contribution is -2.48. The molecule has 1 aliphatic heterocycles. The highest BCUT2D eigenvalue weighted by molar-refractivity contribution is 5.93. The van der Waals surface area contributed by atoms with E-state index in [0.29, 0.717) is 25.1 Å². The fraction of sp³-hybridized carbons (Fsp3) is 0.538. The molecule has 2 heterocycles. The van der Waals surface area contributed by atoms with Crippen LogP contribution in [0.2, 0.25) is 0 Å². The molecule has 98 valence electrons. The summed E-state index contributed by atoms with van der Waals surface area (Å²) in [4.78, 5) is 25.0. The number of hydrogen-bond acceptors (Lipinski definition) is 3. The molecule has 0 radical (unpaired) electrons.